The van der Waals surface area contributed by atoms with Crippen LogP contribution in [0.15, 0.2) is 6.07 Å². The summed E-state index contributed by atoms with van der Waals surface area (Å²) in [4.78, 5) is 28.2. The number of hydrogen-bond donors (Lipinski definition) is 1. The van der Waals surface area contributed by atoms with Crippen LogP contribution in [-0.4, -0.2) is 63.0 Å². The molecule has 160 valence electrons. The van der Waals surface area contributed by atoms with E-state index in [-0.39, 0.29) is 11.3 Å². The number of rotatable bonds is 6. The number of thiophene rings is 1. The van der Waals surface area contributed by atoms with Crippen LogP contribution < -0.4 is 5.32 Å². The molecule has 2 rings (SSSR count). The third kappa shape index (κ3) is 6.20. The largest absolute Gasteiger partial charge is 0.465 e. The van der Waals surface area contributed by atoms with Crippen molar-refractivity contribution in [3.05, 3.63) is 15.8 Å². The topological polar surface area (TPSA) is 77.1 Å². The van der Waals surface area contributed by atoms with Crippen molar-refractivity contribution in [3.8, 4) is 11.8 Å². The number of hydrogen-bond acceptors (Lipinski definition) is 7. The number of ether oxygens (including phenoxy) is 3. The van der Waals surface area contributed by atoms with Crippen LogP contribution in [0.3, 0.4) is 0 Å². The number of methoxy groups -OCH3 is 2. The Morgan fingerprint density at radius 3 is 2.72 bits per heavy atom. The molecule has 2 heterocycles. The van der Waals surface area contributed by atoms with E-state index in [0.29, 0.717) is 36.7 Å². The van der Waals surface area contributed by atoms with Crippen LogP contribution in [0, 0.1) is 17.3 Å². The molecule has 29 heavy (non-hydrogen) atoms. The first-order valence-electron chi connectivity index (χ1n) is 9.63. The lowest BCUT2D eigenvalue weighted by Gasteiger charge is -2.36. The highest BCUT2D eigenvalue weighted by Crippen LogP contribution is 2.29. The Kier molecular flexibility index (Phi) is 8.08. The molecule has 8 heteroatoms. The molecule has 1 saturated heterocycles. The van der Waals surface area contributed by atoms with E-state index in [4.69, 9.17) is 14.2 Å². The molecule has 1 aromatic heterocycles. The summed E-state index contributed by atoms with van der Waals surface area (Å²) in [6, 6.07) is 1.30. The molecule has 2 atom stereocenters. The van der Waals surface area contributed by atoms with Gasteiger partial charge in [0.15, 0.2) is 6.23 Å². The van der Waals surface area contributed by atoms with Crippen molar-refractivity contribution in [2.24, 2.45) is 5.41 Å². The monoisotopic (exact) mass is 422 g/mol. The lowest BCUT2D eigenvalue weighted by molar-refractivity contribution is -0.163. The minimum atomic E-state index is -0.507. The number of anilines is 1. The van der Waals surface area contributed by atoms with E-state index in [2.05, 4.69) is 17.2 Å². The van der Waals surface area contributed by atoms with Crippen molar-refractivity contribution in [2.45, 2.75) is 46.4 Å². The van der Waals surface area contributed by atoms with Gasteiger partial charge in [-0.3, -0.25) is 4.79 Å². The predicted octanol–water partition coefficient (Wildman–Crippen LogP) is 2.95. The van der Waals surface area contributed by atoms with Gasteiger partial charge in [0.25, 0.3) is 0 Å². The molecule has 1 aliphatic heterocycles. The lowest BCUT2D eigenvalue weighted by atomic mass is 9.98. The molecule has 1 amide bonds. The Morgan fingerprint density at radius 1 is 1.41 bits per heavy atom. The van der Waals surface area contributed by atoms with Gasteiger partial charge in [-0.05, 0) is 33.3 Å². The minimum Gasteiger partial charge on any atom is -0.465 e. The van der Waals surface area contributed by atoms with E-state index in [1.54, 1.807) is 18.1 Å². The van der Waals surface area contributed by atoms with Gasteiger partial charge < -0.3 is 24.4 Å². The second kappa shape index (κ2) is 10.1. The Balaban J connectivity index is 2.28. The zero-order valence-electron chi connectivity index (χ0n) is 18.0. The summed E-state index contributed by atoms with van der Waals surface area (Å²) in [5.41, 5.74) is 0.402. The van der Waals surface area contributed by atoms with Gasteiger partial charge in [0.1, 0.15) is 10.9 Å². The molecule has 0 spiro atoms. The number of esters is 1. The van der Waals surface area contributed by atoms with E-state index >= 15 is 0 Å². The standard InChI is InChI=1S/C21H30N2O5S/c1-7-15(19(24)23-10-11-28-13-17(23)26-5)22-16-12-14(8-9-21(2,3)4)29-18(16)20(25)27-6/h12,15,17,22H,7,10-11,13H2,1-6H3/t15-,17?/m0/s1. The van der Waals surface area contributed by atoms with E-state index in [0.717, 1.165) is 4.88 Å². The Hall–Kier alpha value is -2.08. The van der Waals surface area contributed by atoms with Gasteiger partial charge in [-0.1, -0.05) is 18.8 Å². The van der Waals surface area contributed by atoms with Gasteiger partial charge in [0, 0.05) is 19.1 Å². The number of nitrogens with zero attached hydrogens (tertiary/aromatic N) is 1. The molecular formula is C21H30N2O5S. The zero-order chi connectivity index (χ0) is 21.6. The Morgan fingerprint density at radius 2 is 2.14 bits per heavy atom. The highest BCUT2D eigenvalue weighted by Gasteiger charge is 2.32. The first kappa shape index (κ1) is 23.2. The quantitative estimate of drug-likeness (QED) is 0.561. The molecule has 0 bridgehead atoms. The Bertz CT molecular complexity index is 787. The van der Waals surface area contributed by atoms with Crippen molar-refractivity contribution in [3.63, 3.8) is 0 Å². The number of amides is 1. The summed E-state index contributed by atoms with van der Waals surface area (Å²) < 4.78 is 15.7. The van der Waals surface area contributed by atoms with Gasteiger partial charge in [0.2, 0.25) is 5.91 Å². The fourth-order valence-electron chi connectivity index (χ4n) is 2.81. The van der Waals surface area contributed by atoms with Gasteiger partial charge in [0.05, 0.1) is 30.9 Å². The molecular weight excluding hydrogens is 392 g/mol. The molecule has 1 fully saturated rings. The average Bonchev–Trinajstić information content (AvgIpc) is 3.11. The maximum Gasteiger partial charge on any atom is 0.350 e. The third-order valence-corrected chi connectivity index (χ3v) is 5.37. The highest BCUT2D eigenvalue weighted by molar-refractivity contribution is 7.15. The van der Waals surface area contributed by atoms with Gasteiger partial charge >= 0.3 is 5.97 Å². The maximum atomic E-state index is 13.1. The first-order chi connectivity index (χ1) is 13.7. The summed E-state index contributed by atoms with van der Waals surface area (Å²) in [5, 5.41) is 3.23. The van der Waals surface area contributed by atoms with Crippen molar-refractivity contribution in [2.75, 3.05) is 39.3 Å². The minimum absolute atomic E-state index is 0.0907. The van der Waals surface area contributed by atoms with Crippen molar-refractivity contribution in [1.29, 1.82) is 0 Å². The number of carbonyl (C=O) groups is 2. The normalized spacial score (nSPS) is 17.9. The van der Waals surface area contributed by atoms with Crippen LogP contribution in [0.4, 0.5) is 5.69 Å². The van der Waals surface area contributed by atoms with E-state index < -0.39 is 18.2 Å². The summed E-state index contributed by atoms with van der Waals surface area (Å²) >= 11 is 1.26. The van der Waals surface area contributed by atoms with Crippen LogP contribution in [0.25, 0.3) is 0 Å². The van der Waals surface area contributed by atoms with E-state index in [1.807, 2.05) is 27.7 Å². The zero-order valence-corrected chi connectivity index (χ0v) is 18.8. The molecule has 7 nitrogen and oxygen atoms in total. The van der Waals surface area contributed by atoms with Crippen molar-refractivity contribution < 1.29 is 23.8 Å². The fraction of sp³-hybridized carbons (Fsp3) is 0.619. The van der Waals surface area contributed by atoms with E-state index in [1.165, 1.54) is 18.4 Å². The number of carbonyl (C=O) groups excluding carboxylic acids is 2. The second-order valence-corrected chi connectivity index (χ2v) is 8.80. The first-order valence-corrected chi connectivity index (χ1v) is 10.4. The van der Waals surface area contributed by atoms with Crippen LogP contribution >= 0.6 is 11.3 Å². The smallest absolute Gasteiger partial charge is 0.350 e. The highest BCUT2D eigenvalue weighted by atomic mass is 32.1. The lowest BCUT2D eigenvalue weighted by Crippen LogP contribution is -2.54. The van der Waals surface area contributed by atoms with Gasteiger partial charge in [-0.2, -0.15) is 0 Å². The predicted molar refractivity (Wildman–Crippen MR) is 113 cm³/mol. The molecule has 1 aromatic rings. The fourth-order valence-corrected chi connectivity index (χ4v) is 3.70. The molecule has 1 unspecified atom stereocenters. The SMILES string of the molecule is CC[C@H](Nc1cc(C#CC(C)(C)C)sc1C(=O)OC)C(=O)N1CCOCC1OC. The summed E-state index contributed by atoms with van der Waals surface area (Å²) in [5.74, 6) is 5.73. The molecule has 0 saturated carbocycles. The summed E-state index contributed by atoms with van der Waals surface area (Å²) in [6.45, 7) is 9.27. The second-order valence-electron chi connectivity index (χ2n) is 7.75. The van der Waals surface area contributed by atoms with Gasteiger partial charge in [-0.15, -0.1) is 11.3 Å². The summed E-state index contributed by atoms with van der Waals surface area (Å²) in [7, 11) is 2.90. The van der Waals surface area contributed by atoms with Crippen LogP contribution in [-0.2, 0) is 19.0 Å². The number of nitrogens with one attached hydrogen (secondary N) is 1. The maximum absolute atomic E-state index is 13.1. The van der Waals surface area contributed by atoms with Gasteiger partial charge in [-0.25, -0.2) is 4.79 Å². The van der Waals surface area contributed by atoms with Crippen molar-refractivity contribution >= 4 is 28.9 Å². The summed E-state index contributed by atoms with van der Waals surface area (Å²) in [6.07, 6.45) is 0.134. The molecule has 1 aliphatic rings. The average molecular weight is 423 g/mol. The van der Waals surface area contributed by atoms with Crippen molar-refractivity contribution in [1.82, 2.24) is 4.90 Å². The van der Waals surface area contributed by atoms with Crippen LogP contribution in [0.1, 0.15) is 48.7 Å². The molecule has 0 radical (unpaired) electrons. The van der Waals surface area contributed by atoms with Crippen LogP contribution in [0.5, 0.6) is 0 Å². The number of morpholine rings is 1. The third-order valence-electron chi connectivity index (χ3n) is 4.34. The molecule has 1 N–H and O–H groups in total. The molecule has 0 aromatic carbocycles. The molecule has 0 aliphatic carbocycles. The van der Waals surface area contributed by atoms with E-state index in [9.17, 15) is 9.59 Å². The van der Waals surface area contributed by atoms with Crippen LogP contribution in [0.2, 0.25) is 0 Å². The Labute approximate surface area is 176 Å².